The predicted molar refractivity (Wildman–Crippen MR) is 66.7 cm³/mol. The Morgan fingerprint density at radius 3 is 2.71 bits per heavy atom. The average molecular weight is 229 g/mol. The van der Waals surface area contributed by atoms with Crippen LogP contribution in [0.25, 0.3) is 0 Å². The second kappa shape index (κ2) is 5.30. The van der Waals surface area contributed by atoms with Crippen LogP contribution in [0.15, 0.2) is 42.6 Å². The van der Waals surface area contributed by atoms with E-state index in [-0.39, 0.29) is 5.91 Å². The molecule has 2 rings (SSSR count). The number of amides is 1. The molecular weight excluding hydrogens is 214 g/mol. The molecule has 0 aliphatic rings. The van der Waals surface area contributed by atoms with Crippen LogP contribution < -0.4 is 5.32 Å². The highest BCUT2D eigenvalue weighted by molar-refractivity contribution is 5.91. The van der Waals surface area contributed by atoms with E-state index in [0.29, 0.717) is 12.2 Å². The summed E-state index contributed by atoms with van der Waals surface area (Å²) in [5.41, 5.74) is 1.000. The van der Waals surface area contributed by atoms with Gasteiger partial charge in [-0.1, -0.05) is 30.3 Å². The first-order chi connectivity index (χ1) is 8.28. The minimum atomic E-state index is -0.0439. The lowest BCUT2D eigenvalue weighted by atomic mass is 10.1. The quantitative estimate of drug-likeness (QED) is 0.872. The van der Waals surface area contributed by atoms with Crippen LogP contribution in [0.1, 0.15) is 12.5 Å². The maximum absolute atomic E-state index is 11.7. The first-order valence-corrected chi connectivity index (χ1v) is 5.65. The van der Waals surface area contributed by atoms with Crippen molar-refractivity contribution in [3.8, 4) is 0 Å². The smallest absolute Gasteiger partial charge is 0.229 e. The molecule has 0 saturated heterocycles. The summed E-state index contributed by atoms with van der Waals surface area (Å²) in [5.74, 6) is 0.560. The molecular formula is C13H15N3O. The fourth-order valence-corrected chi connectivity index (χ4v) is 1.57. The van der Waals surface area contributed by atoms with E-state index in [1.807, 2.05) is 43.5 Å². The molecule has 2 aromatic rings. The van der Waals surface area contributed by atoms with E-state index in [1.165, 1.54) is 0 Å². The first-order valence-electron chi connectivity index (χ1n) is 5.65. The van der Waals surface area contributed by atoms with Crippen LogP contribution in [0.2, 0.25) is 0 Å². The summed E-state index contributed by atoms with van der Waals surface area (Å²) in [5, 5.41) is 6.97. The van der Waals surface area contributed by atoms with Crippen molar-refractivity contribution in [3.63, 3.8) is 0 Å². The van der Waals surface area contributed by atoms with Crippen LogP contribution in [0.5, 0.6) is 0 Å². The molecule has 88 valence electrons. The van der Waals surface area contributed by atoms with E-state index in [0.717, 1.165) is 12.1 Å². The van der Waals surface area contributed by atoms with Gasteiger partial charge in [0.05, 0.1) is 6.42 Å². The standard InChI is InChI=1S/C13H15N3O/c1-2-16-9-8-12(15-16)14-13(17)10-11-6-4-3-5-7-11/h3-9H,2,10H2,1H3,(H,14,15,17). The second-order valence-corrected chi connectivity index (χ2v) is 3.77. The lowest BCUT2D eigenvalue weighted by Gasteiger charge is -2.02. The van der Waals surface area contributed by atoms with Gasteiger partial charge in [-0.05, 0) is 12.5 Å². The Morgan fingerprint density at radius 1 is 1.29 bits per heavy atom. The zero-order chi connectivity index (χ0) is 12.1. The van der Waals surface area contributed by atoms with Crippen LogP contribution in [0.4, 0.5) is 5.82 Å². The number of aryl methyl sites for hydroxylation is 1. The minimum absolute atomic E-state index is 0.0439. The van der Waals surface area contributed by atoms with E-state index >= 15 is 0 Å². The largest absolute Gasteiger partial charge is 0.309 e. The Bertz CT molecular complexity index is 490. The van der Waals surface area contributed by atoms with Crippen molar-refractivity contribution < 1.29 is 4.79 Å². The van der Waals surface area contributed by atoms with Crippen LogP contribution in [-0.4, -0.2) is 15.7 Å². The summed E-state index contributed by atoms with van der Waals surface area (Å²) in [6.07, 6.45) is 2.22. The summed E-state index contributed by atoms with van der Waals surface area (Å²) in [6.45, 7) is 2.80. The molecule has 0 spiro atoms. The molecule has 4 heteroatoms. The Hall–Kier alpha value is -2.10. The molecule has 0 unspecified atom stereocenters. The molecule has 1 amide bonds. The summed E-state index contributed by atoms with van der Waals surface area (Å²) in [7, 11) is 0. The third-order valence-electron chi connectivity index (χ3n) is 2.44. The highest BCUT2D eigenvalue weighted by Crippen LogP contribution is 2.05. The fourth-order valence-electron chi connectivity index (χ4n) is 1.57. The number of rotatable bonds is 4. The van der Waals surface area contributed by atoms with Gasteiger partial charge in [0.15, 0.2) is 5.82 Å². The third kappa shape index (κ3) is 3.17. The van der Waals surface area contributed by atoms with Gasteiger partial charge in [0.1, 0.15) is 0 Å². The monoisotopic (exact) mass is 229 g/mol. The van der Waals surface area contributed by atoms with Crippen molar-refractivity contribution in [2.45, 2.75) is 19.9 Å². The van der Waals surface area contributed by atoms with Gasteiger partial charge in [-0.2, -0.15) is 5.10 Å². The number of hydrogen-bond acceptors (Lipinski definition) is 2. The molecule has 0 fully saturated rings. The van der Waals surface area contributed by atoms with Crippen LogP contribution in [-0.2, 0) is 17.8 Å². The summed E-state index contributed by atoms with van der Waals surface area (Å²) >= 11 is 0. The van der Waals surface area contributed by atoms with Crippen molar-refractivity contribution in [2.24, 2.45) is 0 Å². The zero-order valence-electron chi connectivity index (χ0n) is 9.76. The van der Waals surface area contributed by atoms with Gasteiger partial charge in [-0.25, -0.2) is 0 Å². The SMILES string of the molecule is CCn1ccc(NC(=O)Cc2ccccc2)n1. The molecule has 0 atom stereocenters. The average Bonchev–Trinajstić information content (AvgIpc) is 2.78. The molecule has 17 heavy (non-hydrogen) atoms. The Morgan fingerprint density at radius 2 is 2.06 bits per heavy atom. The fraction of sp³-hybridized carbons (Fsp3) is 0.231. The van der Waals surface area contributed by atoms with Gasteiger partial charge in [0.25, 0.3) is 0 Å². The number of nitrogens with zero attached hydrogens (tertiary/aromatic N) is 2. The maximum Gasteiger partial charge on any atom is 0.229 e. The van der Waals surface area contributed by atoms with E-state index < -0.39 is 0 Å². The minimum Gasteiger partial charge on any atom is -0.309 e. The summed E-state index contributed by atoms with van der Waals surface area (Å²) < 4.78 is 1.78. The van der Waals surface area contributed by atoms with Crippen LogP contribution in [0, 0.1) is 0 Å². The van der Waals surface area contributed by atoms with E-state index in [9.17, 15) is 4.79 Å². The normalized spacial score (nSPS) is 10.2. The van der Waals surface area contributed by atoms with E-state index in [1.54, 1.807) is 10.7 Å². The number of carbonyl (C=O) groups is 1. The van der Waals surface area contributed by atoms with Gasteiger partial charge < -0.3 is 5.32 Å². The number of benzene rings is 1. The van der Waals surface area contributed by atoms with Gasteiger partial charge in [-0.15, -0.1) is 0 Å². The van der Waals surface area contributed by atoms with Crippen LogP contribution >= 0.6 is 0 Å². The summed E-state index contributed by atoms with van der Waals surface area (Å²) in [6, 6.07) is 11.5. The van der Waals surface area contributed by atoms with Crippen molar-refractivity contribution in [1.29, 1.82) is 0 Å². The summed E-state index contributed by atoms with van der Waals surface area (Å²) in [4.78, 5) is 11.7. The molecule has 1 heterocycles. The topological polar surface area (TPSA) is 46.9 Å². The van der Waals surface area contributed by atoms with Gasteiger partial charge in [-0.3, -0.25) is 9.48 Å². The lowest BCUT2D eigenvalue weighted by molar-refractivity contribution is -0.115. The van der Waals surface area contributed by atoms with Gasteiger partial charge in [0, 0.05) is 18.8 Å². The van der Waals surface area contributed by atoms with Crippen LogP contribution in [0.3, 0.4) is 0 Å². The highest BCUT2D eigenvalue weighted by Gasteiger charge is 2.05. The second-order valence-electron chi connectivity index (χ2n) is 3.77. The Balaban J connectivity index is 1.93. The zero-order valence-corrected chi connectivity index (χ0v) is 9.76. The van der Waals surface area contributed by atoms with E-state index in [2.05, 4.69) is 10.4 Å². The molecule has 1 N–H and O–H groups in total. The molecule has 0 saturated carbocycles. The molecule has 4 nitrogen and oxygen atoms in total. The molecule has 0 radical (unpaired) electrons. The molecule has 0 aliphatic heterocycles. The van der Waals surface area contributed by atoms with Gasteiger partial charge >= 0.3 is 0 Å². The number of hydrogen-bond donors (Lipinski definition) is 1. The Labute approximate surface area is 100 Å². The Kier molecular flexibility index (Phi) is 3.55. The van der Waals surface area contributed by atoms with Crippen molar-refractivity contribution in [3.05, 3.63) is 48.2 Å². The number of nitrogens with one attached hydrogen (secondary N) is 1. The lowest BCUT2D eigenvalue weighted by Crippen LogP contribution is -2.15. The highest BCUT2D eigenvalue weighted by atomic mass is 16.1. The predicted octanol–water partition coefficient (Wildman–Crippen LogP) is 2.08. The maximum atomic E-state index is 11.7. The number of carbonyl (C=O) groups excluding carboxylic acids is 1. The number of anilines is 1. The van der Waals surface area contributed by atoms with Gasteiger partial charge in [0.2, 0.25) is 5.91 Å². The van der Waals surface area contributed by atoms with Crippen molar-refractivity contribution >= 4 is 11.7 Å². The molecule has 0 bridgehead atoms. The molecule has 0 aliphatic carbocycles. The first kappa shape index (κ1) is 11.4. The van der Waals surface area contributed by atoms with Crippen molar-refractivity contribution in [2.75, 3.05) is 5.32 Å². The number of aromatic nitrogens is 2. The van der Waals surface area contributed by atoms with Crippen molar-refractivity contribution in [1.82, 2.24) is 9.78 Å². The molecule has 1 aromatic heterocycles. The molecule has 1 aromatic carbocycles. The third-order valence-corrected chi connectivity index (χ3v) is 2.44. The van der Waals surface area contributed by atoms with E-state index in [4.69, 9.17) is 0 Å².